The molecule has 1 aromatic rings. The van der Waals surface area contributed by atoms with Gasteiger partial charge in [-0.1, -0.05) is 18.2 Å². The smallest absolute Gasteiger partial charge is 0.336 e. The molecular formula is C10H11N3O2S. The molecule has 0 aliphatic carbocycles. The number of nitrogens with zero attached hydrogens (tertiary/aromatic N) is 1. The van der Waals surface area contributed by atoms with Crippen molar-refractivity contribution in [2.24, 2.45) is 5.10 Å². The molecule has 5 nitrogen and oxygen atoms in total. The van der Waals surface area contributed by atoms with Crippen LogP contribution in [0.1, 0.15) is 15.9 Å². The van der Waals surface area contributed by atoms with Crippen LogP contribution in [0.15, 0.2) is 29.4 Å². The summed E-state index contributed by atoms with van der Waals surface area (Å²) >= 11 is 4.80. The number of aromatic carboxylic acids is 1. The molecule has 0 bridgehead atoms. The Bertz CT molecular complexity index is 432. The molecule has 0 unspecified atom stereocenters. The van der Waals surface area contributed by atoms with Crippen LogP contribution in [0.3, 0.4) is 0 Å². The average Bonchev–Trinajstić information content (AvgIpc) is 2.29. The van der Waals surface area contributed by atoms with Gasteiger partial charge in [0.1, 0.15) is 0 Å². The summed E-state index contributed by atoms with van der Waals surface area (Å²) in [5.41, 5.74) is 3.26. The third kappa shape index (κ3) is 3.32. The minimum absolute atomic E-state index is 0.198. The van der Waals surface area contributed by atoms with E-state index in [2.05, 4.69) is 15.8 Å². The number of thiocarbonyl (C=S) groups is 1. The van der Waals surface area contributed by atoms with E-state index < -0.39 is 5.97 Å². The van der Waals surface area contributed by atoms with Gasteiger partial charge >= 0.3 is 5.97 Å². The number of hydrogen-bond donors (Lipinski definition) is 3. The Balaban J connectivity index is 2.80. The lowest BCUT2D eigenvalue weighted by Crippen LogP contribution is -2.28. The van der Waals surface area contributed by atoms with E-state index in [0.29, 0.717) is 10.7 Å². The fourth-order valence-corrected chi connectivity index (χ4v) is 1.07. The zero-order chi connectivity index (χ0) is 12.0. The molecule has 0 atom stereocenters. The molecule has 0 saturated heterocycles. The average molecular weight is 237 g/mol. The highest BCUT2D eigenvalue weighted by Gasteiger charge is 2.06. The summed E-state index contributed by atoms with van der Waals surface area (Å²) in [6.07, 6.45) is 1.41. The van der Waals surface area contributed by atoms with Crippen LogP contribution in [0.25, 0.3) is 0 Å². The summed E-state index contributed by atoms with van der Waals surface area (Å²) in [4.78, 5) is 10.9. The number of hydrazone groups is 1. The standard InChI is InChI=1S/C10H11N3O2S/c1-11-10(16)13-12-6-7-4-2-3-5-8(7)9(14)15/h2-6H,1H3,(H,14,15)(H2,11,13,16). The summed E-state index contributed by atoms with van der Waals surface area (Å²) in [6.45, 7) is 0. The molecule has 0 amide bonds. The van der Waals surface area contributed by atoms with Crippen molar-refractivity contribution in [3.63, 3.8) is 0 Å². The van der Waals surface area contributed by atoms with Crippen LogP contribution >= 0.6 is 12.2 Å². The minimum atomic E-state index is -0.988. The summed E-state index contributed by atoms with van der Waals surface area (Å²) in [5, 5.41) is 15.8. The summed E-state index contributed by atoms with van der Waals surface area (Å²) in [5.74, 6) is -0.988. The minimum Gasteiger partial charge on any atom is -0.478 e. The van der Waals surface area contributed by atoms with Gasteiger partial charge in [0.25, 0.3) is 0 Å². The third-order valence-electron chi connectivity index (χ3n) is 1.79. The van der Waals surface area contributed by atoms with Gasteiger partial charge in [0, 0.05) is 12.6 Å². The topological polar surface area (TPSA) is 73.7 Å². The van der Waals surface area contributed by atoms with Gasteiger partial charge in [-0.2, -0.15) is 5.10 Å². The van der Waals surface area contributed by atoms with Gasteiger partial charge in [0.15, 0.2) is 5.11 Å². The monoisotopic (exact) mass is 237 g/mol. The first kappa shape index (κ1) is 12.1. The molecule has 0 radical (unpaired) electrons. The van der Waals surface area contributed by atoms with Gasteiger partial charge in [-0.25, -0.2) is 4.79 Å². The molecule has 0 saturated carbocycles. The van der Waals surface area contributed by atoms with Crippen LogP contribution in [-0.4, -0.2) is 29.5 Å². The Morgan fingerprint density at radius 3 is 2.81 bits per heavy atom. The molecule has 0 fully saturated rings. The van der Waals surface area contributed by atoms with Crippen LogP contribution in [0.2, 0.25) is 0 Å². The van der Waals surface area contributed by atoms with Crippen LogP contribution in [0, 0.1) is 0 Å². The Morgan fingerprint density at radius 1 is 1.50 bits per heavy atom. The van der Waals surface area contributed by atoms with Crippen molar-refractivity contribution in [1.29, 1.82) is 0 Å². The third-order valence-corrected chi connectivity index (χ3v) is 2.08. The molecular weight excluding hydrogens is 226 g/mol. The number of carbonyl (C=O) groups is 1. The van der Waals surface area contributed by atoms with Crippen molar-refractivity contribution in [1.82, 2.24) is 10.7 Å². The van der Waals surface area contributed by atoms with Gasteiger partial charge in [0.2, 0.25) is 0 Å². The van der Waals surface area contributed by atoms with E-state index in [1.54, 1.807) is 25.2 Å². The van der Waals surface area contributed by atoms with E-state index in [1.165, 1.54) is 12.3 Å². The second-order valence-corrected chi connectivity index (χ2v) is 3.25. The number of carboxylic acid groups (broad SMARTS) is 1. The van der Waals surface area contributed by atoms with E-state index in [4.69, 9.17) is 17.3 Å². The predicted octanol–water partition coefficient (Wildman–Crippen LogP) is 0.813. The highest BCUT2D eigenvalue weighted by molar-refractivity contribution is 7.80. The van der Waals surface area contributed by atoms with E-state index in [9.17, 15) is 4.79 Å². The highest BCUT2D eigenvalue weighted by Crippen LogP contribution is 2.05. The molecule has 0 aliphatic heterocycles. The lowest BCUT2D eigenvalue weighted by Gasteiger charge is -2.01. The Kier molecular flexibility index (Phi) is 4.41. The van der Waals surface area contributed by atoms with E-state index in [0.717, 1.165) is 0 Å². The van der Waals surface area contributed by atoms with E-state index >= 15 is 0 Å². The molecule has 84 valence electrons. The summed E-state index contributed by atoms with van der Waals surface area (Å²) in [7, 11) is 1.66. The van der Waals surface area contributed by atoms with Crippen LogP contribution in [0.5, 0.6) is 0 Å². The molecule has 0 spiro atoms. The molecule has 0 heterocycles. The maximum Gasteiger partial charge on any atom is 0.336 e. The van der Waals surface area contributed by atoms with Crippen LogP contribution < -0.4 is 10.7 Å². The Hall–Kier alpha value is -1.95. The summed E-state index contributed by atoms with van der Waals surface area (Å²) < 4.78 is 0. The zero-order valence-corrected chi connectivity index (χ0v) is 9.41. The van der Waals surface area contributed by atoms with Crippen LogP contribution in [-0.2, 0) is 0 Å². The quantitative estimate of drug-likeness (QED) is 0.412. The second kappa shape index (κ2) is 5.82. The van der Waals surface area contributed by atoms with Crippen molar-refractivity contribution < 1.29 is 9.90 Å². The van der Waals surface area contributed by atoms with Crippen molar-refractivity contribution >= 4 is 29.5 Å². The second-order valence-electron chi connectivity index (χ2n) is 2.84. The first-order chi connectivity index (χ1) is 7.65. The Morgan fingerprint density at radius 2 is 2.19 bits per heavy atom. The van der Waals surface area contributed by atoms with Gasteiger partial charge in [0.05, 0.1) is 11.8 Å². The van der Waals surface area contributed by atoms with E-state index in [1.807, 2.05) is 0 Å². The molecule has 6 heteroatoms. The number of benzene rings is 1. The lowest BCUT2D eigenvalue weighted by molar-refractivity contribution is 0.0697. The van der Waals surface area contributed by atoms with Crippen molar-refractivity contribution in [3.8, 4) is 0 Å². The molecule has 3 N–H and O–H groups in total. The Labute approximate surface area is 98.2 Å². The molecule has 16 heavy (non-hydrogen) atoms. The van der Waals surface area contributed by atoms with Gasteiger partial charge < -0.3 is 10.4 Å². The first-order valence-corrected chi connectivity index (χ1v) is 4.89. The fraction of sp³-hybridized carbons (Fsp3) is 0.100. The summed E-state index contributed by atoms with van der Waals surface area (Å²) in [6, 6.07) is 6.58. The number of carboxylic acids is 1. The van der Waals surface area contributed by atoms with Gasteiger partial charge in [-0.05, 0) is 18.3 Å². The zero-order valence-electron chi connectivity index (χ0n) is 8.60. The molecule has 0 aromatic heterocycles. The molecule has 1 rings (SSSR count). The number of hydrogen-bond acceptors (Lipinski definition) is 3. The van der Waals surface area contributed by atoms with E-state index in [-0.39, 0.29) is 5.56 Å². The largest absolute Gasteiger partial charge is 0.478 e. The normalized spacial score (nSPS) is 10.1. The SMILES string of the molecule is CNC(=S)NN=Cc1ccccc1C(=O)O. The first-order valence-electron chi connectivity index (χ1n) is 4.48. The number of rotatable bonds is 3. The number of nitrogens with one attached hydrogen (secondary N) is 2. The maximum atomic E-state index is 10.9. The fourth-order valence-electron chi connectivity index (χ4n) is 1.02. The van der Waals surface area contributed by atoms with Crippen molar-refractivity contribution in [2.45, 2.75) is 0 Å². The molecule has 1 aromatic carbocycles. The highest BCUT2D eigenvalue weighted by atomic mass is 32.1. The van der Waals surface area contributed by atoms with Crippen LogP contribution in [0.4, 0.5) is 0 Å². The maximum absolute atomic E-state index is 10.9. The molecule has 0 aliphatic rings. The lowest BCUT2D eigenvalue weighted by atomic mass is 10.1. The van der Waals surface area contributed by atoms with Gasteiger partial charge in [-0.3, -0.25) is 5.43 Å². The van der Waals surface area contributed by atoms with Gasteiger partial charge in [-0.15, -0.1) is 0 Å². The predicted molar refractivity (Wildman–Crippen MR) is 65.8 cm³/mol. The van der Waals surface area contributed by atoms with Crippen molar-refractivity contribution in [3.05, 3.63) is 35.4 Å². The van der Waals surface area contributed by atoms with Crippen molar-refractivity contribution in [2.75, 3.05) is 7.05 Å².